The summed E-state index contributed by atoms with van der Waals surface area (Å²) in [4.78, 5) is 11.2. The molecule has 0 saturated heterocycles. The van der Waals surface area contributed by atoms with E-state index in [-0.39, 0.29) is 0 Å². The van der Waals surface area contributed by atoms with Crippen LogP contribution < -0.4 is 4.74 Å². The molecule has 2 heterocycles. The summed E-state index contributed by atoms with van der Waals surface area (Å²) in [7, 11) is 0. The summed E-state index contributed by atoms with van der Waals surface area (Å²) in [6.07, 6.45) is 1.71. The fourth-order valence-electron chi connectivity index (χ4n) is 1.53. The Hall–Kier alpha value is -1.29. The van der Waals surface area contributed by atoms with Gasteiger partial charge in [-0.25, -0.2) is 4.79 Å². The van der Waals surface area contributed by atoms with Crippen LogP contribution >= 0.6 is 11.3 Å². The normalized spacial score (nSPS) is 15.6. The van der Waals surface area contributed by atoms with Crippen molar-refractivity contribution in [3.8, 4) is 5.75 Å². The Bertz CT molecular complexity index is 392. The number of thiophene rings is 1. The van der Waals surface area contributed by atoms with Gasteiger partial charge in [0.2, 0.25) is 0 Å². The maximum absolute atomic E-state index is 10.9. The number of ether oxygens (including phenoxy) is 1. The number of allylic oxidation sites excluding steroid dienone is 1. The molecule has 1 aliphatic heterocycles. The molecule has 0 aromatic carbocycles. The van der Waals surface area contributed by atoms with Gasteiger partial charge in [0.1, 0.15) is 10.6 Å². The maximum Gasteiger partial charge on any atom is 0.346 e. The summed E-state index contributed by atoms with van der Waals surface area (Å²) in [5.74, 6) is -0.224. The van der Waals surface area contributed by atoms with Gasteiger partial charge in [-0.05, 0) is 18.4 Å². The van der Waals surface area contributed by atoms with Crippen molar-refractivity contribution in [2.24, 2.45) is 0 Å². The lowest BCUT2D eigenvalue weighted by Gasteiger charge is -2.02. The second kappa shape index (κ2) is 3.46. The molecule has 1 aliphatic rings. The topological polar surface area (TPSA) is 46.5 Å². The van der Waals surface area contributed by atoms with E-state index >= 15 is 0 Å². The minimum atomic E-state index is -0.900. The van der Waals surface area contributed by atoms with E-state index in [1.54, 1.807) is 5.38 Å². The standard InChI is InChI=1S/C10H10O3S/c1-6-3-2-4-13-7-5-14-9(8(6)7)10(11)12/h5H,1-4H2,(H,11,12). The largest absolute Gasteiger partial charge is 0.492 e. The first kappa shape index (κ1) is 9.27. The van der Waals surface area contributed by atoms with Crippen LogP contribution in [-0.2, 0) is 0 Å². The Kier molecular flexibility index (Phi) is 2.29. The van der Waals surface area contributed by atoms with E-state index in [0.717, 1.165) is 18.4 Å². The highest BCUT2D eigenvalue weighted by atomic mass is 32.1. The zero-order valence-corrected chi connectivity index (χ0v) is 8.39. The first-order chi connectivity index (χ1) is 6.70. The van der Waals surface area contributed by atoms with Gasteiger partial charge in [-0.2, -0.15) is 0 Å². The predicted octanol–water partition coefficient (Wildman–Crippen LogP) is 2.63. The number of hydrogen-bond donors (Lipinski definition) is 1. The maximum atomic E-state index is 10.9. The van der Waals surface area contributed by atoms with E-state index in [1.807, 2.05) is 0 Å². The molecule has 1 aromatic heterocycles. The van der Waals surface area contributed by atoms with E-state index in [9.17, 15) is 4.79 Å². The third-order valence-corrected chi connectivity index (χ3v) is 3.13. The van der Waals surface area contributed by atoms with Crippen molar-refractivity contribution in [1.82, 2.24) is 0 Å². The van der Waals surface area contributed by atoms with Gasteiger partial charge in [-0.3, -0.25) is 0 Å². The van der Waals surface area contributed by atoms with Crippen LogP contribution in [0.15, 0.2) is 12.0 Å². The Balaban J connectivity index is 2.52. The fraction of sp³-hybridized carbons (Fsp3) is 0.300. The van der Waals surface area contributed by atoms with Gasteiger partial charge in [-0.15, -0.1) is 11.3 Å². The predicted molar refractivity (Wildman–Crippen MR) is 55.0 cm³/mol. The van der Waals surface area contributed by atoms with Crippen molar-refractivity contribution < 1.29 is 14.6 Å². The summed E-state index contributed by atoms with van der Waals surface area (Å²) >= 11 is 1.20. The van der Waals surface area contributed by atoms with Crippen molar-refractivity contribution in [2.45, 2.75) is 12.8 Å². The summed E-state index contributed by atoms with van der Waals surface area (Å²) in [5, 5.41) is 10.7. The number of rotatable bonds is 1. The molecule has 0 fully saturated rings. The van der Waals surface area contributed by atoms with Crippen molar-refractivity contribution >= 4 is 22.9 Å². The summed E-state index contributed by atoms with van der Waals surface area (Å²) in [6.45, 7) is 4.53. The van der Waals surface area contributed by atoms with Gasteiger partial charge in [0, 0.05) is 10.9 Å². The molecule has 3 nitrogen and oxygen atoms in total. The number of carbonyl (C=O) groups is 1. The monoisotopic (exact) mass is 210 g/mol. The molecule has 74 valence electrons. The Morgan fingerprint density at radius 1 is 1.64 bits per heavy atom. The van der Waals surface area contributed by atoms with Crippen molar-refractivity contribution in [2.75, 3.05) is 6.61 Å². The second-order valence-corrected chi connectivity index (χ2v) is 4.04. The number of fused-ring (bicyclic) bond motifs is 1. The molecule has 0 saturated carbocycles. The summed E-state index contributed by atoms with van der Waals surface area (Å²) in [5.41, 5.74) is 1.57. The van der Waals surface area contributed by atoms with E-state index in [4.69, 9.17) is 9.84 Å². The van der Waals surface area contributed by atoms with E-state index in [2.05, 4.69) is 6.58 Å². The number of carboxylic acid groups (broad SMARTS) is 1. The van der Waals surface area contributed by atoms with Gasteiger partial charge in [0.15, 0.2) is 0 Å². The third kappa shape index (κ3) is 1.42. The minimum absolute atomic E-state index is 0.340. The van der Waals surface area contributed by atoms with E-state index in [1.165, 1.54) is 11.3 Å². The molecule has 1 N–H and O–H groups in total. The van der Waals surface area contributed by atoms with Crippen LogP contribution in [0.4, 0.5) is 0 Å². The Morgan fingerprint density at radius 2 is 2.43 bits per heavy atom. The third-order valence-electron chi connectivity index (χ3n) is 2.19. The fourth-order valence-corrected chi connectivity index (χ4v) is 2.41. The van der Waals surface area contributed by atoms with Crippen LogP contribution in [-0.4, -0.2) is 17.7 Å². The number of carboxylic acids is 1. The second-order valence-electron chi connectivity index (χ2n) is 3.16. The molecule has 0 spiro atoms. The quantitative estimate of drug-likeness (QED) is 0.775. The van der Waals surface area contributed by atoms with Gasteiger partial charge >= 0.3 is 5.97 Å². The molecule has 0 atom stereocenters. The van der Waals surface area contributed by atoms with Crippen LogP contribution in [0.3, 0.4) is 0 Å². The smallest absolute Gasteiger partial charge is 0.346 e. The van der Waals surface area contributed by atoms with Gasteiger partial charge < -0.3 is 9.84 Å². The van der Waals surface area contributed by atoms with Crippen LogP contribution in [0.2, 0.25) is 0 Å². The molecule has 0 bridgehead atoms. The zero-order chi connectivity index (χ0) is 10.1. The first-order valence-corrected chi connectivity index (χ1v) is 5.24. The molecule has 0 amide bonds. The highest BCUT2D eigenvalue weighted by Gasteiger charge is 2.22. The molecule has 4 heteroatoms. The van der Waals surface area contributed by atoms with Crippen LogP contribution in [0.1, 0.15) is 28.1 Å². The Morgan fingerprint density at radius 3 is 3.14 bits per heavy atom. The van der Waals surface area contributed by atoms with Crippen molar-refractivity contribution in [1.29, 1.82) is 0 Å². The molecular formula is C10H10O3S. The molecule has 0 unspecified atom stereocenters. The van der Waals surface area contributed by atoms with Crippen molar-refractivity contribution in [3.63, 3.8) is 0 Å². The molecule has 2 rings (SSSR count). The van der Waals surface area contributed by atoms with Gasteiger partial charge in [0.05, 0.1) is 6.61 Å². The average Bonchev–Trinajstić information content (AvgIpc) is 2.48. The molecule has 14 heavy (non-hydrogen) atoms. The van der Waals surface area contributed by atoms with Gasteiger partial charge in [-0.1, -0.05) is 6.58 Å². The van der Waals surface area contributed by atoms with Crippen LogP contribution in [0.25, 0.3) is 5.57 Å². The lowest BCUT2D eigenvalue weighted by atomic mass is 10.0. The molecule has 1 aromatic rings. The lowest BCUT2D eigenvalue weighted by molar-refractivity contribution is 0.0701. The molecular weight excluding hydrogens is 200 g/mol. The van der Waals surface area contributed by atoms with E-state index < -0.39 is 5.97 Å². The van der Waals surface area contributed by atoms with Gasteiger partial charge in [0.25, 0.3) is 0 Å². The summed E-state index contributed by atoms with van der Waals surface area (Å²) < 4.78 is 5.44. The number of aromatic carboxylic acids is 1. The SMILES string of the molecule is C=C1CCCOc2csc(C(=O)O)c21. The zero-order valence-electron chi connectivity index (χ0n) is 7.58. The average molecular weight is 210 g/mol. The summed E-state index contributed by atoms with van der Waals surface area (Å²) in [6, 6.07) is 0. The lowest BCUT2D eigenvalue weighted by Crippen LogP contribution is -1.97. The van der Waals surface area contributed by atoms with Crippen molar-refractivity contribution in [3.05, 3.63) is 22.4 Å². The van der Waals surface area contributed by atoms with Crippen LogP contribution in [0.5, 0.6) is 5.75 Å². The highest BCUT2D eigenvalue weighted by Crippen LogP contribution is 2.38. The number of hydrogen-bond acceptors (Lipinski definition) is 3. The molecule has 0 aliphatic carbocycles. The Labute approximate surface area is 85.6 Å². The van der Waals surface area contributed by atoms with E-state index in [0.29, 0.717) is 22.8 Å². The minimum Gasteiger partial charge on any atom is -0.492 e. The molecule has 0 radical (unpaired) electrons. The van der Waals surface area contributed by atoms with Crippen LogP contribution in [0, 0.1) is 0 Å². The highest BCUT2D eigenvalue weighted by molar-refractivity contribution is 7.12. The first-order valence-electron chi connectivity index (χ1n) is 4.36.